The van der Waals surface area contributed by atoms with Crippen LogP contribution in [0.25, 0.3) is 0 Å². The van der Waals surface area contributed by atoms with Crippen molar-refractivity contribution < 1.29 is 12.8 Å². The average molecular weight is 290 g/mol. The first-order chi connectivity index (χ1) is 9.63. The highest BCUT2D eigenvalue weighted by molar-refractivity contribution is 7.89. The van der Waals surface area contributed by atoms with E-state index in [0.717, 1.165) is 0 Å². The Morgan fingerprint density at radius 3 is 2.70 bits per heavy atom. The van der Waals surface area contributed by atoms with Crippen LogP contribution in [-0.4, -0.2) is 15.0 Å². The Balaban J connectivity index is 2.25. The maximum absolute atomic E-state index is 12.3. The minimum absolute atomic E-state index is 0.0913. The second-order valence-electron chi connectivity index (χ2n) is 3.91. The van der Waals surface area contributed by atoms with Gasteiger partial charge in [-0.25, -0.2) is 13.1 Å². The molecule has 6 heteroatoms. The van der Waals surface area contributed by atoms with Gasteiger partial charge < -0.3 is 10.2 Å². The molecule has 0 bridgehead atoms. The van der Waals surface area contributed by atoms with Gasteiger partial charge in [0.05, 0.1) is 24.2 Å². The number of hydrogen-bond acceptors (Lipinski definition) is 4. The minimum atomic E-state index is -3.65. The Morgan fingerprint density at radius 1 is 1.20 bits per heavy atom. The van der Waals surface area contributed by atoms with E-state index in [2.05, 4.69) is 16.6 Å². The van der Waals surface area contributed by atoms with Crippen molar-refractivity contribution >= 4 is 10.0 Å². The summed E-state index contributed by atoms with van der Waals surface area (Å²) < 4.78 is 32.1. The van der Waals surface area contributed by atoms with E-state index in [4.69, 9.17) is 10.2 Å². The van der Waals surface area contributed by atoms with Gasteiger partial charge in [-0.15, -0.1) is 0 Å². The number of hydrogen-bond donors (Lipinski definition) is 2. The number of nitrogens with two attached hydrogens (primary N) is 1. The van der Waals surface area contributed by atoms with E-state index < -0.39 is 10.0 Å². The smallest absolute Gasteiger partial charge is 0.242 e. The molecule has 104 valence electrons. The Morgan fingerprint density at radius 2 is 2.00 bits per heavy atom. The molecule has 0 aliphatic carbocycles. The van der Waals surface area contributed by atoms with Crippen molar-refractivity contribution in [3.8, 4) is 11.8 Å². The Labute approximate surface area is 117 Å². The SMILES string of the molecule is NCC#Cc1ccccc1S(=O)(=O)NCc1ccco1. The molecule has 2 aromatic rings. The van der Waals surface area contributed by atoms with Crippen LogP contribution in [0.4, 0.5) is 0 Å². The third-order valence-corrected chi connectivity index (χ3v) is 3.98. The van der Waals surface area contributed by atoms with Crippen molar-refractivity contribution in [1.29, 1.82) is 0 Å². The van der Waals surface area contributed by atoms with Gasteiger partial charge in [0.15, 0.2) is 0 Å². The van der Waals surface area contributed by atoms with Crippen molar-refractivity contribution in [2.45, 2.75) is 11.4 Å². The summed E-state index contributed by atoms with van der Waals surface area (Å²) in [6.45, 7) is 0.266. The van der Waals surface area contributed by atoms with E-state index in [9.17, 15) is 8.42 Å². The number of benzene rings is 1. The molecule has 0 aliphatic heterocycles. The van der Waals surface area contributed by atoms with E-state index in [1.807, 2.05) is 0 Å². The van der Waals surface area contributed by atoms with Gasteiger partial charge in [0.2, 0.25) is 10.0 Å². The van der Waals surface area contributed by atoms with Crippen LogP contribution >= 0.6 is 0 Å². The molecule has 0 radical (unpaired) electrons. The second kappa shape index (κ2) is 6.39. The van der Waals surface area contributed by atoms with Crippen LogP contribution in [0.5, 0.6) is 0 Å². The van der Waals surface area contributed by atoms with Gasteiger partial charge >= 0.3 is 0 Å². The number of furan rings is 1. The summed E-state index contributed by atoms with van der Waals surface area (Å²) in [5.74, 6) is 5.95. The lowest BCUT2D eigenvalue weighted by Crippen LogP contribution is -2.23. The zero-order chi connectivity index (χ0) is 14.4. The molecule has 0 spiro atoms. The van der Waals surface area contributed by atoms with Crippen molar-refractivity contribution in [3.63, 3.8) is 0 Å². The number of nitrogens with one attached hydrogen (secondary N) is 1. The van der Waals surface area contributed by atoms with E-state index >= 15 is 0 Å². The van der Waals surface area contributed by atoms with Crippen LogP contribution in [0, 0.1) is 11.8 Å². The van der Waals surface area contributed by atoms with Crippen LogP contribution in [0.2, 0.25) is 0 Å². The molecule has 3 N–H and O–H groups in total. The van der Waals surface area contributed by atoms with Gasteiger partial charge in [0, 0.05) is 5.56 Å². The fourth-order valence-electron chi connectivity index (χ4n) is 1.61. The monoisotopic (exact) mass is 290 g/mol. The van der Waals surface area contributed by atoms with Crippen LogP contribution in [0.1, 0.15) is 11.3 Å². The molecule has 2 rings (SSSR count). The van der Waals surface area contributed by atoms with Crippen LogP contribution in [-0.2, 0) is 16.6 Å². The predicted molar refractivity (Wildman–Crippen MR) is 75.1 cm³/mol. The first kappa shape index (κ1) is 14.3. The summed E-state index contributed by atoms with van der Waals surface area (Å²) in [6, 6.07) is 9.92. The molecule has 0 unspecified atom stereocenters. The molecule has 1 aromatic heterocycles. The molecule has 0 aliphatic rings. The molecule has 0 saturated carbocycles. The zero-order valence-electron chi connectivity index (χ0n) is 10.7. The van der Waals surface area contributed by atoms with E-state index in [1.165, 1.54) is 12.3 Å². The number of sulfonamides is 1. The normalized spacial score (nSPS) is 10.8. The molecular weight excluding hydrogens is 276 g/mol. The first-order valence-electron chi connectivity index (χ1n) is 5.93. The van der Waals surface area contributed by atoms with Gasteiger partial charge in [-0.1, -0.05) is 24.0 Å². The Hall–Kier alpha value is -2.07. The Kier molecular flexibility index (Phi) is 4.58. The van der Waals surface area contributed by atoms with Gasteiger partial charge in [0.25, 0.3) is 0 Å². The molecule has 0 amide bonds. The van der Waals surface area contributed by atoms with Gasteiger partial charge in [-0.3, -0.25) is 0 Å². The van der Waals surface area contributed by atoms with Crippen molar-refractivity contribution in [3.05, 3.63) is 54.0 Å². The summed E-state index contributed by atoms with van der Waals surface area (Å²) in [7, 11) is -3.65. The maximum Gasteiger partial charge on any atom is 0.242 e. The molecule has 1 heterocycles. The van der Waals surface area contributed by atoms with Crippen LogP contribution < -0.4 is 10.5 Å². The fraction of sp³-hybridized carbons (Fsp3) is 0.143. The first-order valence-corrected chi connectivity index (χ1v) is 7.42. The molecule has 0 atom stereocenters. The highest BCUT2D eigenvalue weighted by Crippen LogP contribution is 2.14. The lowest BCUT2D eigenvalue weighted by molar-refractivity contribution is 0.498. The zero-order valence-corrected chi connectivity index (χ0v) is 11.5. The molecule has 1 aromatic carbocycles. The third kappa shape index (κ3) is 3.48. The van der Waals surface area contributed by atoms with Gasteiger partial charge in [-0.05, 0) is 24.3 Å². The van der Waals surface area contributed by atoms with E-state index in [1.54, 1.807) is 30.3 Å². The van der Waals surface area contributed by atoms with Gasteiger partial charge in [-0.2, -0.15) is 0 Å². The lowest BCUT2D eigenvalue weighted by Gasteiger charge is -2.07. The molecule has 0 saturated heterocycles. The Bertz CT molecular complexity index is 725. The van der Waals surface area contributed by atoms with Gasteiger partial charge in [0.1, 0.15) is 5.76 Å². The van der Waals surface area contributed by atoms with Crippen molar-refractivity contribution in [1.82, 2.24) is 4.72 Å². The highest BCUT2D eigenvalue weighted by Gasteiger charge is 2.17. The van der Waals surface area contributed by atoms with Crippen LogP contribution in [0.3, 0.4) is 0 Å². The largest absolute Gasteiger partial charge is 0.468 e. The quantitative estimate of drug-likeness (QED) is 0.825. The van der Waals surface area contributed by atoms with Crippen molar-refractivity contribution in [2.75, 3.05) is 6.54 Å². The van der Waals surface area contributed by atoms with Crippen molar-refractivity contribution in [2.24, 2.45) is 5.73 Å². The summed E-state index contributed by atoms with van der Waals surface area (Å²) >= 11 is 0. The maximum atomic E-state index is 12.3. The summed E-state index contributed by atoms with van der Waals surface area (Å²) in [6.07, 6.45) is 1.49. The predicted octanol–water partition coefficient (Wildman–Crippen LogP) is 1.07. The topological polar surface area (TPSA) is 85.3 Å². The molecule has 0 fully saturated rings. The lowest BCUT2D eigenvalue weighted by atomic mass is 10.2. The van der Waals surface area contributed by atoms with E-state index in [0.29, 0.717) is 11.3 Å². The van der Waals surface area contributed by atoms with E-state index in [-0.39, 0.29) is 18.0 Å². The molecular formula is C14H14N2O3S. The third-order valence-electron chi connectivity index (χ3n) is 2.52. The second-order valence-corrected chi connectivity index (χ2v) is 5.64. The summed E-state index contributed by atoms with van der Waals surface area (Å²) in [4.78, 5) is 0.132. The molecule has 20 heavy (non-hydrogen) atoms. The standard InChI is InChI=1S/C14H14N2O3S/c15-9-3-6-12-5-1-2-8-14(12)20(17,18)16-11-13-7-4-10-19-13/h1-2,4-5,7-8,10,16H,9,11,15H2. The highest BCUT2D eigenvalue weighted by atomic mass is 32.2. The average Bonchev–Trinajstić information content (AvgIpc) is 2.97. The summed E-state index contributed by atoms with van der Waals surface area (Å²) in [5, 5.41) is 0. The molecule has 5 nitrogen and oxygen atoms in total. The summed E-state index contributed by atoms with van der Waals surface area (Å²) in [5.41, 5.74) is 5.73. The number of rotatable bonds is 4. The fourth-order valence-corrected chi connectivity index (χ4v) is 2.76. The minimum Gasteiger partial charge on any atom is -0.468 e. The van der Waals surface area contributed by atoms with Crippen LogP contribution in [0.15, 0.2) is 52.0 Å².